The van der Waals surface area contributed by atoms with E-state index in [1.54, 1.807) is 0 Å². The van der Waals surface area contributed by atoms with Crippen molar-refractivity contribution in [3.05, 3.63) is 17.5 Å². The molecule has 19 heavy (non-hydrogen) atoms. The van der Waals surface area contributed by atoms with Gasteiger partial charge in [-0.3, -0.25) is 0 Å². The predicted octanol–water partition coefficient (Wildman–Crippen LogP) is 2.40. The SMILES string of the molecule is O=C(O)c1ncc(OC(F)(F)F)c(C(F)(F)F)c1O. The second-order valence-corrected chi connectivity index (χ2v) is 3.05. The van der Waals surface area contributed by atoms with Gasteiger partial charge < -0.3 is 14.9 Å². The molecule has 0 spiro atoms. The molecule has 1 heterocycles. The molecule has 0 radical (unpaired) electrons. The number of halogens is 6. The lowest BCUT2D eigenvalue weighted by Gasteiger charge is -2.16. The van der Waals surface area contributed by atoms with Crippen LogP contribution in [0.2, 0.25) is 0 Å². The van der Waals surface area contributed by atoms with Gasteiger partial charge in [-0.05, 0) is 0 Å². The van der Waals surface area contributed by atoms with Gasteiger partial charge in [-0.1, -0.05) is 0 Å². The van der Waals surface area contributed by atoms with Gasteiger partial charge in [0.15, 0.2) is 17.2 Å². The predicted molar refractivity (Wildman–Crippen MR) is 44.5 cm³/mol. The third-order valence-corrected chi connectivity index (χ3v) is 1.73. The molecule has 2 N–H and O–H groups in total. The molecule has 0 aromatic carbocycles. The fourth-order valence-electron chi connectivity index (χ4n) is 1.12. The number of alkyl halides is 6. The molecule has 0 saturated heterocycles. The molecule has 0 amide bonds. The van der Waals surface area contributed by atoms with Gasteiger partial charge in [0, 0.05) is 0 Å². The Morgan fingerprint density at radius 3 is 2.11 bits per heavy atom. The van der Waals surface area contributed by atoms with Gasteiger partial charge in [0.2, 0.25) is 0 Å². The average molecular weight is 291 g/mol. The number of carboxylic acid groups (broad SMARTS) is 1. The molecule has 0 saturated carbocycles. The molecule has 0 fully saturated rings. The summed E-state index contributed by atoms with van der Waals surface area (Å²) in [5.41, 5.74) is -3.71. The van der Waals surface area contributed by atoms with Crippen molar-refractivity contribution >= 4 is 5.97 Å². The number of hydrogen-bond donors (Lipinski definition) is 2. The molecule has 1 aromatic rings. The van der Waals surface area contributed by atoms with Crippen LogP contribution in [0.25, 0.3) is 0 Å². The van der Waals surface area contributed by atoms with Crippen LogP contribution in [0.5, 0.6) is 11.5 Å². The Labute approximate surface area is 99.6 Å². The highest BCUT2D eigenvalue weighted by atomic mass is 19.4. The van der Waals surface area contributed by atoms with E-state index in [-0.39, 0.29) is 6.20 Å². The topological polar surface area (TPSA) is 79.7 Å². The van der Waals surface area contributed by atoms with Crippen molar-refractivity contribution in [3.8, 4) is 11.5 Å². The minimum atomic E-state index is -5.46. The zero-order chi connectivity index (χ0) is 15.0. The maximum absolute atomic E-state index is 12.5. The van der Waals surface area contributed by atoms with Crippen LogP contribution in [0, 0.1) is 0 Å². The smallest absolute Gasteiger partial charge is 0.505 e. The Balaban J connectivity index is 3.50. The van der Waals surface area contributed by atoms with Crippen LogP contribution in [0.1, 0.15) is 16.1 Å². The van der Waals surface area contributed by atoms with Gasteiger partial charge in [0.25, 0.3) is 0 Å². The summed E-state index contributed by atoms with van der Waals surface area (Å²) in [5, 5.41) is 17.5. The van der Waals surface area contributed by atoms with Crippen LogP contribution in [0.4, 0.5) is 26.3 Å². The van der Waals surface area contributed by atoms with E-state index in [2.05, 4.69) is 9.72 Å². The van der Waals surface area contributed by atoms with Crippen LogP contribution in [-0.2, 0) is 6.18 Å². The van der Waals surface area contributed by atoms with Gasteiger partial charge in [-0.15, -0.1) is 13.2 Å². The molecule has 1 aromatic heterocycles. The Bertz CT molecular complexity index is 509. The number of ether oxygens (including phenoxy) is 1. The molecule has 11 heteroatoms. The maximum atomic E-state index is 12.5. The van der Waals surface area contributed by atoms with E-state index < -0.39 is 41.3 Å². The Morgan fingerprint density at radius 2 is 1.74 bits per heavy atom. The number of hydrogen-bond acceptors (Lipinski definition) is 4. The third-order valence-electron chi connectivity index (χ3n) is 1.73. The van der Waals surface area contributed by atoms with E-state index in [1.165, 1.54) is 0 Å². The highest BCUT2D eigenvalue weighted by Crippen LogP contribution is 2.44. The summed E-state index contributed by atoms with van der Waals surface area (Å²) in [4.78, 5) is 13.2. The highest BCUT2D eigenvalue weighted by molar-refractivity contribution is 5.89. The summed E-state index contributed by atoms with van der Waals surface area (Å²) in [5.74, 6) is -5.84. The largest absolute Gasteiger partial charge is 0.573 e. The number of aromatic carboxylic acids is 1. The van der Waals surface area contributed by atoms with Crippen molar-refractivity contribution in [1.82, 2.24) is 4.98 Å². The van der Waals surface area contributed by atoms with E-state index in [0.29, 0.717) is 0 Å². The van der Waals surface area contributed by atoms with E-state index in [9.17, 15) is 31.1 Å². The standard InChI is InChI=1S/C8H3F6NO4/c9-7(10,11)3-2(19-8(12,13)14)1-15-4(5(3)16)6(17)18/h1,16H,(H,17,18). The summed E-state index contributed by atoms with van der Waals surface area (Å²) in [6, 6.07) is 0. The third kappa shape index (κ3) is 3.39. The van der Waals surface area contributed by atoms with Crippen LogP contribution >= 0.6 is 0 Å². The molecule has 0 aliphatic rings. The van der Waals surface area contributed by atoms with Crippen molar-refractivity contribution in [3.63, 3.8) is 0 Å². The van der Waals surface area contributed by atoms with Crippen molar-refractivity contribution in [2.45, 2.75) is 12.5 Å². The molecular weight excluding hydrogens is 288 g/mol. The van der Waals surface area contributed by atoms with Gasteiger partial charge in [0.05, 0.1) is 6.20 Å². The summed E-state index contributed by atoms with van der Waals surface area (Å²) in [6.07, 6.45) is -11.0. The van der Waals surface area contributed by atoms with E-state index in [0.717, 1.165) is 0 Å². The number of carboxylic acids is 1. The number of carbonyl (C=O) groups is 1. The van der Waals surface area contributed by atoms with Crippen molar-refractivity contribution in [1.29, 1.82) is 0 Å². The van der Waals surface area contributed by atoms with Gasteiger partial charge in [-0.2, -0.15) is 13.2 Å². The zero-order valence-electron chi connectivity index (χ0n) is 8.50. The van der Waals surface area contributed by atoms with E-state index in [1.807, 2.05) is 0 Å². The molecule has 0 unspecified atom stereocenters. The highest BCUT2D eigenvalue weighted by Gasteiger charge is 2.43. The van der Waals surface area contributed by atoms with Crippen LogP contribution in [0.15, 0.2) is 6.20 Å². The normalized spacial score (nSPS) is 12.3. The van der Waals surface area contributed by atoms with E-state index >= 15 is 0 Å². The van der Waals surface area contributed by atoms with Crippen LogP contribution in [0.3, 0.4) is 0 Å². The number of aromatic hydroxyl groups is 1. The van der Waals surface area contributed by atoms with Crippen LogP contribution < -0.4 is 4.74 Å². The molecule has 5 nitrogen and oxygen atoms in total. The second kappa shape index (κ2) is 4.48. The second-order valence-electron chi connectivity index (χ2n) is 3.05. The lowest BCUT2D eigenvalue weighted by atomic mass is 10.1. The Hall–Kier alpha value is -2.20. The van der Waals surface area contributed by atoms with Gasteiger partial charge in [-0.25, -0.2) is 9.78 Å². The Kier molecular flexibility index (Phi) is 3.50. The summed E-state index contributed by atoms with van der Waals surface area (Å²) >= 11 is 0. The molecule has 106 valence electrons. The quantitative estimate of drug-likeness (QED) is 0.818. The minimum absolute atomic E-state index is 0.0838. The van der Waals surface area contributed by atoms with E-state index in [4.69, 9.17) is 10.2 Å². The fourth-order valence-corrected chi connectivity index (χ4v) is 1.12. The van der Waals surface area contributed by atoms with Gasteiger partial charge >= 0.3 is 18.5 Å². The number of nitrogens with zero attached hydrogens (tertiary/aromatic N) is 1. The zero-order valence-corrected chi connectivity index (χ0v) is 8.50. The molecular formula is C8H3F6NO4. The van der Waals surface area contributed by atoms with Crippen molar-refractivity contribution in [2.24, 2.45) is 0 Å². The minimum Gasteiger partial charge on any atom is -0.505 e. The van der Waals surface area contributed by atoms with Crippen molar-refractivity contribution < 1.29 is 46.1 Å². The first kappa shape index (κ1) is 14.9. The molecule has 0 aliphatic heterocycles. The number of aromatic nitrogens is 1. The molecule has 0 bridgehead atoms. The average Bonchev–Trinajstić information content (AvgIpc) is 2.11. The number of rotatable bonds is 2. The fraction of sp³-hybridized carbons (Fsp3) is 0.250. The number of pyridine rings is 1. The molecule has 0 aliphatic carbocycles. The summed E-state index contributed by atoms with van der Waals surface area (Å²) in [6.45, 7) is 0. The lowest BCUT2D eigenvalue weighted by Crippen LogP contribution is -2.21. The molecule has 1 rings (SSSR count). The Morgan fingerprint density at radius 1 is 1.21 bits per heavy atom. The summed E-state index contributed by atoms with van der Waals surface area (Å²) in [7, 11) is 0. The summed E-state index contributed by atoms with van der Waals surface area (Å²) < 4.78 is 76.2. The first-order chi connectivity index (χ1) is 8.43. The van der Waals surface area contributed by atoms with Crippen molar-refractivity contribution in [2.75, 3.05) is 0 Å². The van der Waals surface area contributed by atoms with Crippen LogP contribution in [-0.4, -0.2) is 27.5 Å². The lowest BCUT2D eigenvalue weighted by molar-refractivity contribution is -0.276. The molecule has 0 atom stereocenters. The monoisotopic (exact) mass is 291 g/mol. The first-order valence-corrected chi connectivity index (χ1v) is 4.21. The van der Waals surface area contributed by atoms with Gasteiger partial charge in [0.1, 0.15) is 5.56 Å². The first-order valence-electron chi connectivity index (χ1n) is 4.21. The maximum Gasteiger partial charge on any atom is 0.573 e.